The average Bonchev–Trinajstić information content (AvgIpc) is 2.21. The lowest BCUT2D eigenvalue weighted by atomic mass is 10.0. The molecule has 3 amide bonds. The largest absolute Gasteiger partial charge is 0.464 e. The van der Waals surface area contributed by atoms with E-state index < -0.39 is 29.7 Å². The van der Waals surface area contributed by atoms with E-state index >= 15 is 0 Å². The number of rotatable bonds is 4. The molecule has 0 bridgehead atoms. The molecule has 0 aromatic rings. The highest BCUT2D eigenvalue weighted by Gasteiger charge is 2.25. The number of nitrogens with one attached hydrogen (secondary N) is 3. The van der Waals surface area contributed by atoms with Crippen molar-refractivity contribution in [3.05, 3.63) is 0 Å². The van der Waals surface area contributed by atoms with Crippen LogP contribution in [0.1, 0.15) is 41.0 Å². The fourth-order valence-electron chi connectivity index (χ4n) is 1.35. The van der Waals surface area contributed by atoms with Gasteiger partial charge >= 0.3 is 12.2 Å². The number of hydrogen-bond acceptors (Lipinski definition) is 4. The molecule has 0 aliphatic rings. The second kappa shape index (κ2) is 7.56. The molecule has 0 aromatic carbocycles. The molecule has 0 aliphatic heterocycles. The monoisotopic (exact) mass is 289 g/mol. The van der Waals surface area contributed by atoms with Crippen molar-refractivity contribution < 1.29 is 24.2 Å². The SMILES string of the molecule is CC(C)C[C@H](NC(=O)OC(C)(C)C)C(=O)NNC(=O)O. The van der Waals surface area contributed by atoms with Gasteiger partial charge in [0, 0.05) is 0 Å². The van der Waals surface area contributed by atoms with Crippen molar-refractivity contribution in [3.8, 4) is 0 Å². The highest BCUT2D eigenvalue weighted by molar-refractivity contribution is 5.86. The molecule has 20 heavy (non-hydrogen) atoms. The van der Waals surface area contributed by atoms with E-state index in [4.69, 9.17) is 9.84 Å². The van der Waals surface area contributed by atoms with E-state index in [0.717, 1.165) is 0 Å². The zero-order chi connectivity index (χ0) is 15.9. The van der Waals surface area contributed by atoms with Crippen molar-refractivity contribution in [1.82, 2.24) is 16.2 Å². The number of alkyl carbamates (subject to hydrolysis) is 1. The fourth-order valence-corrected chi connectivity index (χ4v) is 1.35. The first-order valence-corrected chi connectivity index (χ1v) is 6.29. The van der Waals surface area contributed by atoms with Crippen molar-refractivity contribution in [2.75, 3.05) is 0 Å². The molecule has 4 N–H and O–H groups in total. The summed E-state index contributed by atoms with van der Waals surface area (Å²) < 4.78 is 5.06. The van der Waals surface area contributed by atoms with Gasteiger partial charge in [0.1, 0.15) is 11.6 Å². The van der Waals surface area contributed by atoms with Gasteiger partial charge in [-0.2, -0.15) is 0 Å². The molecule has 8 nitrogen and oxygen atoms in total. The molecule has 8 heteroatoms. The lowest BCUT2D eigenvalue weighted by molar-refractivity contribution is -0.124. The minimum absolute atomic E-state index is 0.130. The van der Waals surface area contributed by atoms with E-state index in [-0.39, 0.29) is 5.92 Å². The van der Waals surface area contributed by atoms with Crippen LogP contribution in [0, 0.1) is 5.92 Å². The quantitative estimate of drug-likeness (QED) is 0.581. The summed E-state index contributed by atoms with van der Waals surface area (Å²) in [6, 6.07) is -0.878. The second-order valence-electron chi connectivity index (χ2n) is 5.75. The van der Waals surface area contributed by atoms with Gasteiger partial charge in [0.2, 0.25) is 0 Å². The number of carboxylic acid groups (broad SMARTS) is 1. The van der Waals surface area contributed by atoms with Crippen LogP contribution in [0.25, 0.3) is 0 Å². The molecular formula is C12H23N3O5. The first kappa shape index (κ1) is 18.0. The van der Waals surface area contributed by atoms with Crippen LogP contribution in [-0.2, 0) is 9.53 Å². The molecule has 0 fully saturated rings. The van der Waals surface area contributed by atoms with Crippen molar-refractivity contribution in [1.29, 1.82) is 0 Å². The number of hydrogen-bond donors (Lipinski definition) is 4. The summed E-state index contributed by atoms with van der Waals surface area (Å²) in [7, 11) is 0. The third-order valence-electron chi connectivity index (χ3n) is 2.01. The third kappa shape index (κ3) is 9.01. The summed E-state index contributed by atoms with van der Waals surface area (Å²) in [5, 5.41) is 10.8. The lowest BCUT2D eigenvalue weighted by Crippen LogP contribution is -2.53. The Morgan fingerprint density at radius 1 is 1.15 bits per heavy atom. The predicted octanol–water partition coefficient (Wildman–Crippen LogP) is 1.22. The molecular weight excluding hydrogens is 266 g/mol. The Morgan fingerprint density at radius 3 is 2.10 bits per heavy atom. The van der Waals surface area contributed by atoms with Gasteiger partial charge in [-0.15, -0.1) is 0 Å². The molecule has 0 unspecified atom stereocenters. The second-order valence-corrected chi connectivity index (χ2v) is 5.75. The summed E-state index contributed by atoms with van der Waals surface area (Å²) in [5.41, 5.74) is 3.06. The van der Waals surface area contributed by atoms with Crippen molar-refractivity contribution >= 4 is 18.1 Å². The zero-order valence-electron chi connectivity index (χ0n) is 12.4. The highest BCUT2D eigenvalue weighted by atomic mass is 16.6. The minimum Gasteiger partial charge on any atom is -0.464 e. The van der Waals surface area contributed by atoms with Crippen molar-refractivity contribution in [2.45, 2.75) is 52.7 Å². The van der Waals surface area contributed by atoms with Crippen molar-refractivity contribution in [3.63, 3.8) is 0 Å². The van der Waals surface area contributed by atoms with Crippen LogP contribution in [0.15, 0.2) is 0 Å². The van der Waals surface area contributed by atoms with E-state index in [1.54, 1.807) is 26.2 Å². The van der Waals surface area contributed by atoms with E-state index in [9.17, 15) is 14.4 Å². The first-order valence-electron chi connectivity index (χ1n) is 6.29. The van der Waals surface area contributed by atoms with Gasteiger partial charge in [-0.25, -0.2) is 15.0 Å². The van der Waals surface area contributed by atoms with Crippen LogP contribution < -0.4 is 16.2 Å². The standard InChI is InChI=1S/C12H23N3O5/c1-7(2)6-8(9(16)14-15-10(17)18)13-11(19)20-12(3,4)5/h7-8,15H,6H2,1-5H3,(H,13,19)(H,14,16)(H,17,18)/t8-/m0/s1. The molecule has 0 aliphatic carbocycles. The Kier molecular flexibility index (Phi) is 6.81. The topological polar surface area (TPSA) is 117 Å². The van der Waals surface area contributed by atoms with E-state index in [1.165, 1.54) is 0 Å². The number of hydrazine groups is 1. The summed E-state index contributed by atoms with van der Waals surface area (Å²) in [6.07, 6.45) is -1.76. The van der Waals surface area contributed by atoms with Crippen molar-refractivity contribution in [2.24, 2.45) is 5.92 Å². The van der Waals surface area contributed by atoms with Crippen LogP contribution in [0.4, 0.5) is 9.59 Å². The smallest absolute Gasteiger partial charge is 0.423 e. The zero-order valence-corrected chi connectivity index (χ0v) is 12.4. The van der Waals surface area contributed by atoms with Gasteiger partial charge in [0.05, 0.1) is 0 Å². The van der Waals surface area contributed by atoms with Crippen LogP contribution in [0.2, 0.25) is 0 Å². The molecule has 0 radical (unpaired) electrons. The van der Waals surface area contributed by atoms with Crippen LogP contribution >= 0.6 is 0 Å². The lowest BCUT2D eigenvalue weighted by Gasteiger charge is -2.24. The molecule has 0 saturated heterocycles. The highest BCUT2D eigenvalue weighted by Crippen LogP contribution is 2.09. The van der Waals surface area contributed by atoms with Gasteiger partial charge in [0.25, 0.3) is 5.91 Å². The Labute approximate surface area is 118 Å². The average molecular weight is 289 g/mol. The molecule has 0 heterocycles. The maximum absolute atomic E-state index is 11.8. The number of ether oxygens (including phenoxy) is 1. The molecule has 1 atom stereocenters. The molecule has 116 valence electrons. The summed E-state index contributed by atoms with van der Waals surface area (Å²) in [4.78, 5) is 33.7. The third-order valence-corrected chi connectivity index (χ3v) is 2.01. The predicted molar refractivity (Wildman–Crippen MR) is 71.9 cm³/mol. The van der Waals surface area contributed by atoms with E-state index in [0.29, 0.717) is 6.42 Å². The van der Waals surface area contributed by atoms with E-state index in [1.807, 2.05) is 19.3 Å². The van der Waals surface area contributed by atoms with E-state index in [2.05, 4.69) is 5.32 Å². The maximum atomic E-state index is 11.8. The normalized spacial score (nSPS) is 12.5. The van der Waals surface area contributed by atoms with Gasteiger partial charge in [0.15, 0.2) is 0 Å². The summed E-state index contributed by atoms with van der Waals surface area (Å²) >= 11 is 0. The Balaban J connectivity index is 4.59. The number of carbonyl (C=O) groups excluding carboxylic acids is 2. The van der Waals surface area contributed by atoms with Gasteiger partial charge in [-0.05, 0) is 33.1 Å². The Hall–Kier alpha value is -1.99. The first-order chi connectivity index (χ1) is 9.01. The van der Waals surface area contributed by atoms with Gasteiger partial charge in [-0.1, -0.05) is 13.8 Å². The van der Waals surface area contributed by atoms with Gasteiger partial charge < -0.3 is 15.2 Å². The Bertz CT molecular complexity index is 363. The van der Waals surface area contributed by atoms with Crippen LogP contribution in [0.5, 0.6) is 0 Å². The summed E-state index contributed by atoms with van der Waals surface area (Å²) in [5.74, 6) is -0.516. The minimum atomic E-state index is -1.39. The van der Waals surface area contributed by atoms with Crippen LogP contribution in [-0.4, -0.2) is 34.8 Å². The molecule has 0 rings (SSSR count). The number of amides is 3. The van der Waals surface area contributed by atoms with Crippen LogP contribution in [0.3, 0.4) is 0 Å². The Morgan fingerprint density at radius 2 is 1.70 bits per heavy atom. The molecule has 0 saturated carbocycles. The number of carbonyl (C=O) groups is 3. The van der Waals surface area contributed by atoms with Gasteiger partial charge in [-0.3, -0.25) is 10.2 Å². The molecule has 0 spiro atoms. The fraction of sp³-hybridized carbons (Fsp3) is 0.750. The maximum Gasteiger partial charge on any atom is 0.423 e. The molecule has 0 aromatic heterocycles. The summed E-state index contributed by atoms with van der Waals surface area (Å²) in [6.45, 7) is 8.87.